The van der Waals surface area contributed by atoms with Gasteiger partial charge in [0, 0.05) is 26.2 Å². The zero-order valence-electron chi connectivity index (χ0n) is 10.2. The fourth-order valence-electron chi connectivity index (χ4n) is 2.17. The molecular formula is C13H17FN2O. The Bertz CT molecular complexity index is 425. The first-order valence-corrected chi connectivity index (χ1v) is 5.82. The average molecular weight is 236 g/mol. The Hall–Kier alpha value is -1.42. The fraction of sp³-hybridized carbons (Fsp3) is 0.462. The number of halogens is 1. The highest BCUT2D eigenvalue weighted by molar-refractivity contribution is 6.00. The number of anilines is 1. The summed E-state index contributed by atoms with van der Waals surface area (Å²) >= 11 is 0. The van der Waals surface area contributed by atoms with Gasteiger partial charge in [0.2, 0.25) is 0 Å². The summed E-state index contributed by atoms with van der Waals surface area (Å²) in [5.41, 5.74) is 0.947. The summed E-state index contributed by atoms with van der Waals surface area (Å²) in [5.74, 6) is -0.633. The first kappa shape index (κ1) is 12.0. The molecule has 0 unspecified atom stereocenters. The van der Waals surface area contributed by atoms with E-state index in [1.54, 1.807) is 6.07 Å². The largest absolute Gasteiger partial charge is 0.368 e. The number of carbonyl (C=O) groups excluding carboxylic acids is 1. The molecule has 0 amide bonds. The Labute approximate surface area is 101 Å². The number of Topliss-reactive ketones (excluding diaryl/α,β-unsaturated/α-hetero) is 1. The van der Waals surface area contributed by atoms with E-state index >= 15 is 0 Å². The summed E-state index contributed by atoms with van der Waals surface area (Å²) in [6.07, 6.45) is 0. The van der Waals surface area contributed by atoms with Crippen molar-refractivity contribution in [2.24, 2.45) is 0 Å². The van der Waals surface area contributed by atoms with Gasteiger partial charge >= 0.3 is 0 Å². The average Bonchev–Trinajstić information content (AvgIpc) is 2.29. The lowest BCUT2D eigenvalue weighted by Crippen LogP contribution is -2.45. The molecule has 1 aliphatic heterocycles. The van der Waals surface area contributed by atoms with Gasteiger partial charge in [0.15, 0.2) is 5.78 Å². The van der Waals surface area contributed by atoms with Gasteiger partial charge in [-0.15, -0.1) is 0 Å². The molecule has 0 aromatic heterocycles. The van der Waals surface area contributed by atoms with Gasteiger partial charge in [-0.05, 0) is 26.1 Å². The van der Waals surface area contributed by atoms with Crippen molar-refractivity contribution in [3.8, 4) is 0 Å². The Kier molecular flexibility index (Phi) is 3.43. The van der Waals surface area contributed by atoms with Crippen LogP contribution >= 0.6 is 0 Å². The van der Waals surface area contributed by atoms with Gasteiger partial charge in [-0.3, -0.25) is 4.79 Å². The lowest BCUT2D eigenvalue weighted by molar-refractivity contribution is 0.101. The topological polar surface area (TPSA) is 23.6 Å². The van der Waals surface area contributed by atoms with Crippen LogP contribution in [0.3, 0.4) is 0 Å². The number of hydrogen-bond donors (Lipinski definition) is 0. The quantitative estimate of drug-likeness (QED) is 0.731. The van der Waals surface area contributed by atoms with E-state index in [1.807, 2.05) is 6.07 Å². The normalized spacial score (nSPS) is 17.2. The van der Waals surface area contributed by atoms with Crippen LogP contribution in [0.1, 0.15) is 17.3 Å². The molecule has 0 aliphatic carbocycles. The number of benzene rings is 1. The first-order chi connectivity index (χ1) is 8.09. The molecule has 1 aromatic rings. The van der Waals surface area contributed by atoms with E-state index in [0.29, 0.717) is 0 Å². The van der Waals surface area contributed by atoms with Crippen molar-refractivity contribution in [1.82, 2.24) is 4.90 Å². The van der Waals surface area contributed by atoms with Crippen LogP contribution in [0.2, 0.25) is 0 Å². The molecule has 0 bridgehead atoms. The highest BCUT2D eigenvalue weighted by atomic mass is 19.1. The van der Waals surface area contributed by atoms with Crippen molar-refractivity contribution in [2.45, 2.75) is 6.92 Å². The van der Waals surface area contributed by atoms with Crippen molar-refractivity contribution in [1.29, 1.82) is 0 Å². The molecule has 0 atom stereocenters. The van der Waals surface area contributed by atoms with Gasteiger partial charge < -0.3 is 9.80 Å². The number of rotatable bonds is 2. The third-order valence-electron chi connectivity index (χ3n) is 3.19. The molecule has 2 rings (SSSR count). The molecule has 1 aliphatic rings. The fourth-order valence-corrected chi connectivity index (χ4v) is 2.17. The van der Waals surface area contributed by atoms with Crippen LogP contribution in [0.15, 0.2) is 18.2 Å². The van der Waals surface area contributed by atoms with E-state index in [-0.39, 0.29) is 11.3 Å². The zero-order chi connectivity index (χ0) is 12.4. The van der Waals surface area contributed by atoms with Crippen molar-refractivity contribution in [3.05, 3.63) is 29.6 Å². The van der Waals surface area contributed by atoms with Crippen LogP contribution in [-0.2, 0) is 0 Å². The molecular weight excluding hydrogens is 219 g/mol. The number of carbonyl (C=O) groups is 1. The molecule has 17 heavy (non-hydrogen) atoms. The molecule has 1 aromatic carbocycles. The maximum atomic E-state index is 13.7. The maximum absolute atomic E-state index is 13.7. The van der Waals surface area contributed by atoms with Crippen LogP contribution in [-0.4, -0.2) is 43.9 Å². The Morgan fingerprint density at radius 1 is 1.24 bits per heavy atom. The molecule has 4 heteroatoms. The summed E-state index contributed by atoms with van der Waals surface area (Å²) in [6.45, 7) is 4.96. The van der Waals surface area contributed by atoms with Crippen molar-refractivity contribution in [3.63, 3.8) is 0 Å². The Balaban J connectivity index is 2.32. The highest BCUT2D eigenvalue weighted by Gasteiger charge is 2.20. The minimum Gasteiger partial charge on any atom is -0.368 e. The predicted octanol–water partition coefficient (Wildman–Crippen LogP) is 1.78. The van der Waals surface area contributed by atoms with E-state index in [4.69, 9.17) is 0 Å². The minimum atomic E-state index is -0.422. The first-order valence-electron chi connectivity index (χ1n) is 5.82. The number of piperazine rings is 1. The van der Waals surface area contributed by atoms with Crippen LogP contribution in [0.25, 0.3) is 0 Å². The second kappa shape index (κ2) is 4.84. The summed E-state index contributed by atoms with van der Waals surface area (Å²) in [6, 6.07) is 4.83. The monoisotopic (exact) mass is 236 g/mol. The third kappa shape index (κ3) is 2.47. The van der Waals surface area contributed by atoms with Crippen molar-refractivity contribution < 1.29 is 9.18 Å². The summed E-state index contributed by atoms with van der Waals surface area (Å²) < 4.78 is 13.7. The predicted molar refractivity (Wildman–Crippen MR) is 66.1 cm³/mol. The lowest BCUT2D eigenvalue weighted by atomic mass is 10.1. The van der Waals surface area contributed by atoms with Gasteiger partial charge in [0.1, 0.15) is 5.82 Å². The van der Waals surface area contributed by atoms with Gasteiger partial charge in [0.25, 0.3) is 0 Å². The summed E-state index contributed by atoms with van der Waals surface area (Å²) in [5, 5.41) is 0. The van der Waals surface area contributed by atoms with Gasteiger partial charge in [-0.25, -0.2) is 4.39 Å². The van der Waals surface area contributed by atoms with Gasteiger partial charge in [-0.2, -0.15) is 0 Å². The Morgan fingerprint density at radius 2 is 1.88 bits per heavy atom. The Morgan fingerprint density at radius 3 is 2.47 bits per heavy atom. The molecule has 1 fully saturated rings. The second-order valence-electron chi connectivity index (χ2n) is 4.48. The molecule has 1 heterocycles. The number of likely N-dealkylation sites (N-methyl/N-ethyl adjacent to an activating group) is 1. The van der Waals surface area contributed by atoms with Crippen molar-refractivity contribution in [2.75, 3.05) is 38.1 Å². The SMILES string of the molecule is CC(=O)c1c(F)cccc1N1CCN(C)CC1. The van der Waals surface area contributed by atoms with E-state index in [1.165, 1.54) is 13.0 Å². The third-order valence-corrected chi connectivity index (χ3v) is 3.19. The molecule has 0 saturated carbocycles. The molecule has 0 N–H and O–H groups in total. The molecule has 1 saturated heterocycles. The zero-order valence-corrected chi connectivity index (χ0v) is 10.2. The number of ketones is 1. The highest BCUT2D eigenvalue weighted by Crippen LogP contribution is 2.24. The van der Waals surface area contributed by atoms with E-state index in [9.17, 15) is 9.18 Å². The van der Waals surface area contributed by atoms with Crippen LogP contribution in [0, 0.1) is 5.82 Å². The molecule has 0 spiro atoms. The summed E-state index contributed by atoms with van der Waals surface area (Å²) in [7, 11) is 2.06. The van der Waals surface area contributed by atoms with Crippen LogP contribution in [0.4, 0.5) is 10.1 Å². The standard InChI is InChI=1S/C13H17FN2O/c1-10(17)13-11(14)4-3-5-12(13)16-8-6-15(2)7-9-16/h3-5H,6-9H2,1-2H3. The van der Waals surface area contributed by atoms with E-state index in [2.05, 4.69) is 16.8 Å². The smallest absolute Gasteiger partial charge is 0.164 e. The minimum absolute atomic E-state index is 0.211. The summed E-state index contributed by atoms with van der Waals surface area (Å²) in [4.78, 5) is 15.8. The van der Waals surface area contributed by atoms with Crippen molar-refractivity contribution >= 4 is 11.5 Å². The van der Waals surface area contributed by atoms with Gasteiger partial charge in [-0.1, -0.05) is 6.07 Å². The van der Waals surface area contributed by atoms with Crippen LogP contribution in [0.5, 0.6) is 0 Å². The maximum Gasteiger partial charge on any atom is 0.164 e. The van der Waals surface area contributed by atoms with E-state index in [0.717, 1.165) is 31.9 Å². The van der Waals surface area contributed by atoms with Gasteiger partial charge in [0.05, 0.1) is 11.3 Å². The molecule has 92 valence electrons. The number of nitrogens with zero attached hydrogens (tertiary/aromatic N) is 2. The molecule has 0 radical (unpaired) electrons. The lowest BCUT2D eigenvalue weighted by Gasteiger charge is -2.34. The van der Waals surface area contributed by atoms with Crippen LogP contribution < -0.4 is 4.90 Å². The second-order valence-corrected chi connectivity index (χ2v) is 4.48. The van der Waals surface area contributed by atoms with E-state index < -0.39 is 5.82 Å². The number of hydrogen-bond acceptors (Lipinski definition) is 3. The molecule has 3 nitrogen and oxygen atoms in total.